The summed E-state index contributed by atoms with van der Waals surface area (Å²) in [6, 6.07) is 24.0. The van der Waals surface area contributed by atoms with Gasteiger partial charge in [-0.3, -0.25) is 9.59 Å². The van der Waals surface area contributed by atoms with Crippen LogP contribution in [0.2, 0.25) is 0 Å². The maximum absolute atomic E-state index is 11.3. The molecule has 4 nitrogen and oxygen atoms in total. The summed E-state index contributed by atoms with van der Waals surface area (Å²) < 4.78 is 10.5. The lowest BCUT2D eigenvalue weighted by atomic mass is 9.95. The average molecular weight is 394 g/mol. The van der Waals surface area contributed by atoms with Crippen LogP contribution in [0, 0.1) is 0 Å². The summed E-state index contributed by atoms with van der Waals surface area (Å²) in [6.07, 6.45) is 0. The maximum atomic E-state index is 11.3. The van der Waals surface area contributed by atoms with Gasteiger partial charge in [-0.2, -0.15) is 0 Å². The highest BCUT2D eigenvalue weighted by molar-refractivity contribution is 6.17. The Morgan fingerprint density at radius 1 is 0.500 bits per heavy atom. The Labute approximate surface area is 172 Å². The van der Waals surface area contributed by atoms with Crippen molar-refractivity contribution in [1.82, 2.24) is 0 Å². The summed E-state index contributed by atoms with van der Waals surface area (Å²) in [7, 11) is 0. The molecule has 0 amide bonds. The van der Waals surface area contributed by atoms with Crippen LogP contribution in [0.15, 0.2) is 72.8 Å². The van der Waals surface area contributed by atoms with Gasteiger partial charge in [-0.1, -0.05) is 36.4 Å². The molecule has 0 bridgehead atoms. The van der Waals surface area contributed by atoms with Crippen molar-refractivity contribution < 1.29 is 19.1 Å². The van der Waals surface area contributed by atoms with E-state index in [0.29, 0.717) is 11.5 Å². The van der Waals surface area contributed by atoms with Gasteiger partial charge in [-0.05, 0) is 79.5 Å². The van der Waals surface area contributed by atoms with Crippen molar-refractivity contribution in [2.24, 2.45) is 0 Å². The van der Waals surface area contributed by atoms with E-state index in [1.165, 1.54) is 13.8 Å². The summed E-state index contributed by atoms with van der Waals surface area (Å²) in [5.41, 5.74) is 0. The molecule has 5 aromatic carbocycles. The van der Waals surface area contributed by atoms with Crippen molar-refractivity contribution >= 4 is 55.0 Å². The van der Waals surface area contributed by atoms with Gasteiger partial charge in [0.05, 0.1) is 0 Å². The van der Waals surface area contributed by atoms with Gasteiger partial charge in [0.15, 0.2) is 0 Å². The van der Waals surface area contributed by atoms with Gasteiger partial charge in [0.25, 0.3) is 0 Å². The highest BCUT2D eigenvalue weighted by Gasteiger charge is 2.09. The molecule has 5 rings (SSSR count). The van der Waals surface area contributed by atoms with Crippen molar-refractivity contribution in [2.75, 3.05) is 0 Å². The van der Waals surface area contributed by atoms with Crippen LogP contribution >= 0.6 is 0 Å². The third-order valence-electron chi connectivity index (χ3n) is 5.26. The summed E-state index contributed by atoms with van der Waals surface area (Å²) in [6.45, 7) is 2.80. The standard InChI is InChI=1S/C26H18O4/c1-15(27)29-21-7-9-23-19(12-21)5-3-17-11-18-4-6-20-13-22(30-16(2)28)8-10-24(20)26(18)14-25(17)23/h3-14H,1-2H3. The topological polar surface area (TPSA) is 52.6 Å². The second-order valence-electron chi connectivity index (χ2n) is 7.38. The van der Waals surface area contributed by atoms with E-state index in [2.05, 4.69) is 24.3 Å². The lowest BCUT2D eigenvalue weighted by Gasteiger charge is -2.11. The molecule has 146 valence electrons. The highest BCUT2D eigenvalue weighted by atomic mass is 16.5. The van der Waals surface area contributed by atoms with E-state index in [9.17, 15) is 9.59 Å². The molecule has 0 aliphatic rings. The predicted octanol–water partition coefficient (Wildman–Crippen LogP) is 6.15. The summed E-state index contributed by atoms with van der Waals surface area (Å²) in [5.74, 6) is 0.415. The summed E-state index contributed by atoms with van der Waals surface area (Å²) in [5, 5.41) is 8.77. The normalized spacial score (nSPS) is 11.3. The number of rotatable bonds is 2. The number of esters is 2. The maximum Gasteiger partial charge on any atom is 0.308 e. The molecule has 0 atom stereocenters. The number of benzene rings is 5. The molecular formula is C26H18O4. The molecule has 5 aromatic rings. The molecule has 0 saturated carbocycles. The molecule has 4 heteroatoms. The van der Waals surface area contributed by atoms with Crippen LogP contribution in [0.1, 0.15) is 13.8 Å². The van der Waals surface area contributed by atoms with Gasteiger partial charge < -0.3 is 9.47 Å². The minimum absolute atomic E-state index is 0.333. The second kappa shape index (κ2) is 6.85. The SMILES string of the molecule is CC(=O)Oc1ccc2c(ccc3cc4ccc5cc(OC(C)=O)ccc5c4cc32)c1. The Bertz CT molecular complexity index is 1390. The average Bonchev–Trinajstić information content (AvgIpc) is 2.71. The number of fused-ring (bicyclic) bond motifs is 6. The molecule has 0 aromatic heterocycles. The zero-order valence-electron chi connectivity index (χ0n) is 16.6. The molecule has 0 unspecified atom stereocenters. The first-order chi connectivity index (χ1) is 14.5. The van der Waals surface area contributed by atoms with Gasteiger partial charge in [0, 0.05) is 13.8 Å². The van der Waals surface area contributed by atoms with Crippen molar-refractivity contribution in [3.8, 4) is 11.5 Å². The number of carbonyl (C=O) groups is 2. The predicted molar refractivity (Wildman–Crippen MR) is 119 cm³/mol. The Kier molecular flexibility index (Phi) is 4.14. The van der Waals surface area contributed by atoms with E-state index in [0.717, 1.165) is 43.1 Å². The number of ether oxygens (including phenoxy) is 2. The van der Waals surface area contributed by atoms with Crippen LogP contribution in [-0.2, 0) is 9.59 Å². The molecule has 0 radical (unpaired) electrons. The van der Waals surface area contributed by atoms with E-state index in [1.807, 2.05) is 48.5 Å². The van der Waals surface area contributed by atoms with Crippen LogP contribution in [0.4, 0.5) is 0 Å². The Morgan fingerprint density at radius 3 is 1.30 bits per heavy atom. The van der Waals surface area contributed by atoms with Crippen LogP contribution in [-0.4, -0.2) is 11.9 Å². The van der Waals surface area contributed by atoms with Crippen molar-refractivity contribution in [3.63, 3.8) is 0 Å². The first-order valence-electron chi connectivity index (χ1n) is 9.68. The summed E-state index contributed by atoms with van der Waals surface area (Å²) >= 11 is 0. The lowest BCUT2D eigenvalue weighted by molar-refractivity contribution is -0.132. The molecular weight excluding hydrogens is 376 g/mol. The monoisotopic (exact) mass is 394 g/mol. The third-order valence-corrected chi connectivity index (χ3v) is 5.26. The van der Waals surface area contributed by atoms with E-state index in [-0.39, 0.29) is 11.9 Å². The highest BCUT2D eigenvalue weighted by Crippen LogP contribution is 2.35. The first-order valence-corrected chi connectivity index (χ1v) is 9.68. The number of hydrogen-bond acceptors (Lipinski definition) is 4. The molecule has 0 N–H and O–H groups in total. The van der Waals surface area contributed by atoms with Gasteiger partial charge in [0.2, 0.25) is 0 Å². The lowest BCUT2D eigenvalue weighted by Crippen LogP contribution is -2.01. The van der Waals surface area contributed by atoms with Crippen LogP contribution in [0.25, 0.3) is 43.1 Å². The largest absolute Gasteiger partial charge is 0.427 e. The zero-order valence-corrected chi connectivity index (χ0v) is 16.6. The molecule has 0 aliphatic heterocycles. The van der Waals surface area contributed by atoms with Gasteiger partial charge in [-0.15, -0.1) is 0 Å². The number of hydrogen-bond donors (Lipinski definition) is 0. The molecule has 0 fully saturated rings. The van der Waals surface area contributed by atoms with Gasteiger partial charge >= 0.3 is 11.9 Å². The van der Waals surface area contributed by atoms with Gasteiger partial charge in [0.1, 0.15) is 11.5 Å². The molecule has 30 heavy (non-hydrogen) atoms. The van der Waals surface area contributed by atoms with Crippen molar-refractivity contribution in [1.29, 1.82) is 0 Å². The quantitative estimate of drug-likeness (QED) is 0.156. The van der Waals surface area contributed by atoms with Crippen LogP contribution in [0.5, 0.6) is 11.5 Å². The summed E-state index contributed by atoms with van der Waals surface area (Å²) in [4.78, 5) is 22.5. The van der Waals surface area contributed by atoms with Crippen LogP contribution < -0.4 is 9.47 Å². The van der Waals surface area contributed by atoms with Crippen LogP contribution in [0.3, 0.4) is 0 Å². The Balaban J connectivity index is 1.75. The zero-order chi connectivity index (χ0) is 20.8. The molecule has 0 aliphatic carbocycles. The van der Waals surface area contributed by atoms with Crippen molar-refractivity contribution in [2.45, 2.75) is 13.8 Å². The molecule has 0 spiro atoms. The number of carbonyl (C=O) groups excluding carboxylic acids is 2. The Morgan fingerprint density at radius 2 is 0.900 bits per heavy atom. The fourth-order valence-electron chi connectivity index (χ4n) is 4.04. The molecule has 0 heterocycles. The third kappa shape index (κ3) is 3.12. The van der Waals surface area contributed by atoms with E-state index in [1.54, 1.807) is 0 Å². The van der Waals surface area contributed by atoms with E-state index >= 15 is 0 Å². The smallest absolute Gasteiger partial charge is 0.308 e. The minimum atomic E-state index is -0.333. The van der Waals surface area contributed by atoms with Crippen molar-refractivity contribution in [3.05, 3.63) is 72.8 Å². The molecule has 0 saturated heterocycles. The van der Waals surface area contributed by atoms with Gasteiger partial charge in [-0.25, -0.2) is 0 Å². The van der Waals surface area contributed by atoms with E-state index < -0.39 is 0 Å². The Hall–Kier alpha value is -3.92. The fraction of sp³-hybridized carbons (Fsp3) is 0.0769. The minimum Gasteiger partial charge on any atom is -0.427 e. The van der Waals surface area contributed by atoms with E-state index in [4.69, 9.17) is 9.47 Å². The fourth-order valence-corrected chi connectivity index (χ4v) is 4.04. The second-order valence-corrected chi connectivity index (χ2v) is 7.38. The first kappa shape index (κ1) is 18.1.